The standard InChI is InChI=1S/C11H11N5O4/c1-3-20-10(19)6-4-12-8-7(14-6)9(18)16-11(15-8)13-5(2)17/h4H,3H2,1-2H3,(H2,12,13,15,16,17,18). The molecular formula is C11H11N5O4. The fraction of sp³-hybridized carbons (Fsp3) is 0.273. The molecule has 0 saturated heterocycles. The molecular weight excluding hydrogens is 266 g/mol. The zero-order valence-electron chi connectivity index (χ0n) is 10.8. The molecule has 0 aromatic carbocycles. The number of aromatic nitrogens is 4. The molecule has 2 heterocycles. The van der Waals surface area contributed by atoms with Crippen LogP contribution in [0.4, 0.5) is 5.95 Å². The molecule has 2 aromatic rings. The number of hydrogen-bond donors (Lipinski definition) is 2. The van der Waals surface area contributed by atoms with Crippen LogP contribution in [-0.4, -0.2) is 38.4 Å². The van der Waals surface area contributed by atoms with Crippen molar-refractivity contribution in [3.8, 4) is 0 Å². The molecule has 104 valence electrons. The molecule has 9 heteroatoms. The second-order valence-corrected chi connectivity index (χ2v) is 3.74. The molecule has 0 aliphatic heterocycles. The van der Waals surface area contributed by atoms with Gasteiger partial charge in [-0.1, -0.05) is 0 Å². The Bertz CT molecular complexity index is 739. The number of carbonyl (C=O) groups is 2. The summed E-state index contributed by atoms with van der Waals surface area (Å²) >= 11 is 0. The summed E-state index contributed by atoms with van der Waals surface area (Å²) in [5, 5.41) is 2.33. The van der Waals surface area contributed by atoms with E-state index >= 15 is 0 Å². The van der Waals surface area contributed by atoms with Gasteiger partial charge in [0, 0.05) is 6.92 Å². The first-order valence-corrected chi connectivity index (χ1v) is 5.73. The van der Waals surface area contributed by atoms with Crippen LogP contribution in [0, 0.1) is 0 Å². The van der Waals surface area contributed by atoms with E-state index in [1.54, 1.807) is 6.92 Å². The van der Waals surface area contributed by atoms with E-state index in [0.29, 0.717) is 0 Å². The number of ether oxygens (including phenoxy) is 1. The summed E-state index contributed by atoms with van der Waals surface area (Å²) in [6, 6.07) is 0. The molecule has 0 fully saturated rings. The van der Waals surface area contributed by atoms with E-state index in [-0.39, 0.29) is 35.3 Å². The van der Waals surface area contributed by atoms with E-state index in [1.165, 1.54) is 6.92 Å². The number of H-pyrrole nitrogens is 1. The van der Waals surface area contributed by atoms with Gasteiger partial charge in [0.2, 0.25) is 11.9 Å². The Morgan fingerprint density at radius 3 is 2.80 bits per heavy atom. The number of carbonyl (C=O) groups excluding carboxylic acids is 2. The van der Waals surface area contributed by atoms with Crippen molar-refractivity contribution < 1.29 is 14.3 Å². The summed E-state index contributed by atoms with van der Waals surface area (Å²) < 4.78 is 4.76. The Kier molecular flexibility index (Phi) is 3.69. The number of aromatic amines is 1. The van der Waals surface area contributed by atoms with Gasteiger partial charge in [-0.05, 0) is 6.92 Å². The molecule has 2 aromatic heterocycles. The normalized spacial score (nSPS) is 10.3. The predicted octanol–water partition coefficient (Wildman–Crippen LogP) is -0.152. The number of esters is 1. The Hall–Kier alpha value is -2.84. The first kappa shape index (κ1) is 13.6. The fourth-order valence-electron chi connectivity index (χ4n) is 1.45. The van der Waals surface area contributed by atoms with Crippen molar-refractivity contribution in [2.45, 2.75) is 13.8 Å². The third-order valence-electron chi connectivity index (χ3n) is 2.20. The molecule has 0 saturated carbocycles. The molecule has 20 heavy (non-hydrogen) atoms. The maximum absolute atomic E-state index is 11.8. The highest BCUT2D eigenvalue weighted by Crippen LogP contribution is 2.05. The molecule has 2 N–H and O–H groups in total. The number of amides is 1. The van der Waals surface area contributed by atoms with E-state index < -0.39 is 11.5 Å². The minimum absolute atomic E-state index is 0.0190. The average Bonchev–Trinajstić information content (AvgIpc) is 2.38. The highest BCUT2D eigenvalue weighted by molar-refractivity contribution is 5.89. The van der Waals surface area contributed by atoms with Crippen LogP contribution in [0.2, 0.25) is 0 Å². The maximum atomic E-state index is 11.8. The number of nitrogens with one attached hydrogen (secondary N) is 2. The van der Waals surface area contributed by atoms with Crippen LogP contribution in [0.25, 0.3) is 11.2 Å². The first-order chi connectivity index (χ1) is 9.51. The quantitative estimate of drug-likeness (QED) is 0.746. The van der Waals surface area contributed by atoms with Gasteiger partial charge >= 0.3 is 5.97 Å². The Balaban J connectivity index is 2.49. The van der Waals surface area contributed by atoms with Gasteiger partial charge < -0.3 is 4.74 Å². The molecule has 2 rings (SSSR count). The SMILES string of the molecule is CCOC(=O)c1cnc2nc(NC(C)=O)[nH]c(=O)c2n1. The van der Waals surface area contributed by atoms with E-state index in [4.69, 9.17) is 4.74 Å². The van der Waals surface area contributed by atoms with Crippen molar-refractivity contribution in [1.29, 1.82) is 0 Å². The van der Waals surface area contributed by atoms with Crippen LogP contribution < -0.4 is 10.9 Å². The van der Waals surface area contributed by atoms with Gasteiger partial charge in [-0.25, -0.2) is 14.8 Å². The molecule has 0 unspecified atom stereocenters. The second kappa shape index (κ2) is 5.43. The number of anilines is 1. The smallest absolute Gasteiger partial charge is 0.358 e. The Labute approximate surface area is 112 Å². The number of nitrogens with zero attached hydrogens (tertiary/aromatic N) is 3. The highest BCUT2D eigenvalue weighted by atomic mass is 16.5. The highest BCUT2D eigenvalue weighted by Gasteiger charge is 2.13. The van der Waals surface area contributed by atoms with E-state index in [2.05, 4.69) is 25.3 Å². The third kappa shape index (κ3) is 2.76. The van der Waals surface area contributed by atoms with Gasteiger partial charge in [0.15, 0.2) is 16.9 Å². The van der Waals surface area contributed by atoms with Crippen molar-refractivity contribution in [3.05, 3.63) is 22.2 Å². The van der Waals surface area contributed by atoms with Gasteiger partial charge in [0.05, 0.1) is 12.8 Å². The maximum Gasteiger partial charge on any atom is 0.358 e. The summed E-state index contributed by atoms with van der Waals surface area (Å²) in [5.74, 6) is -1.09. The van der Waals surface area contributed by atoms with E-state index in [9.17, 15) is 14.4 Å². The minimum Gasteiger partial charge on any atom is -0.461 e. The van der Waals surface area contributed by atoms with Crippen molar-refractivity contribution in [3.63, 3.8) is 0 Å². The predicted molar refractivity (Wildman–Crippen MR) is 68.2 cm³/mol. The summed E-state index contributed by atoms with van der Waals surface area (Å²) in [5.41, 5.74) is -0.786. The van der Waals surface area contributed by atoms with Gasteiger partial charge in [-0.3, -0.25) is 19.9 Å². The van der Waals surface area contributed by atoms with Crippen molar-refractivity contribution in [2.24, 2.45) is 0 Å². The summed E-state index contributed by atoms with van der Waals surface area (Å²) in [6.45, 7) is 3.12. The van der Waals surface area contributed by atoms with Crippen LogP contribution in [0.15, 0.2) is 11.0 Å². The molecule has 0 spiro atoms. The largest absolute Gasteiger partial charge is 0.461 e. The van der Waals surface area contributed by atoms with Gasteiger partial charge in [-0.15, -0.1) is 0 Å². The number of fused-ring (bicyclic) bond motifs is 1. The zero-order valence-corrected chi connectivity index (χ0v) is 10.8. The topological polar surface area (TPSA) is 127 Å². The lowest BCUT2D eigenvalue weighted by atomic mass is 10.4. The Morgan fingerprint density at radius 2 is 2.15 bits per heavy atom. The van der Waals surface area contributed by atoms with Crippen molar-refractivity contribution >= 4 is 29.0 Å². The summed E-state index contributed by atoms with van der Waals surface area (Å²) in [7, 11) is 0. The average molecular weight is 277 g/mol. The second-order valence-electron chi connectivity index (χ2n) is 3.74. The summed E-state index contributed by atoms with van der Waals surface area (Å²) in [4.78, 5) is 48.2. The van der Waals surface area contributed by atoms with Crippen molar-refractivity contribution in [2.75, 3.05) is 11.9 Å². The minimum atomic E-state index is -0.674. The van der Waals surface area contributed by atoms with Crippen LogP contribution in [0.3, 0.4) is 0 Å². The van der Waals surface area contributed by atoms with Gasteiger partial charge in [0.25, 0.3) is 5.56 Å². The monoisotopic (exact) mass is 277 g/mol. The van der Waals surface area contributed by atoms with E-state index in [0.717, 1.165) is 6.20 Å². The third-order valence-corrected chi connectivity index (χ3v) is 2.20. The number of hydrogen-bond acceptors (Lipinski definition) is 7. The molecule has 0 atom stereocenters. The molecule has 1 amide bonds. The van der Waals surface area contributed by atoms with Crippen LogP contribution in [0.1, 0.15) is 24.3 Å². The fourth-order valence-corrected chi connectivity index (χ4v) is 1.45. The number of rotatable bonds is 3. The lowest BCUT2D eigenvalue weighted by molar-refractivity contribution is -0.114. The van der Waals surface area contributed by atoms with E-state index in [1.807, 2.05) is 0 Å². The molecule has 0 bridgehead atoms. The van der Waals surface area contributed by atoms with Crippen LogP contribution in [0.5, 0.6) is 0 Å². The lowest BCUT2D eigenvalue weighted by Gasteiger charge is -2.03. The zero-order chi connectivity index (χ0) is 14.7. The Morgan fingerprint density at radius 1 is 1.40 bits per heavy atom. The lowest BCUT2D eigenvalue weighted by Crippen LogP contribution is -2.18. The van der Waals surface area contributed by atoms with Crippen LogP contribution >= 0.6 is 0 Å². The van der Waals surface area contributed by atoms with Crippen molar-refractivity contribution in [1.82, 2.24) is 19.9 Å². The van der Waals surface area contributed by atoms with Gasteiger partial charge in [-0.2, -0.15) is 4.98 Å². The first-order valence-electron chi connectivity index (χ1n) is 5.73. The molecule has 0 aliphatic rings. The van der Waals surface area contributed by atoms with Crippen LogP contribution in [-0.2, 0) is 9.53 Å². The molecule has 0 radical (unpaired) electrons. The molecule has 9 nitrogen and oxygen atoms in total. The summed E-state index contributed by atoms with van der Waals surface area (Å²) in [6.07, 6.45) is 1.16. The van der Waals surface area contributed by atoms with Gasteiger partial charge in [0.1, 0.15) is 0 Å². The molecule has 0 aliphatic carbocycles.